The van der Waals surface area contributed by atoms with Crippen molar-refractivity contribution in [1.29, 1.82) is 0 Å². The first kappa shape index (κ1) is 18.0. The van der Waals surface area contributed by atoms with Crippen molar-refractivity contribution in [2.75, 3.05) is 6.54 Å². The smallest absolute Gasteiger partial charge is 0.243 e. The third-order valence-corrected chi connectivity index (χ3v) is 6.16. The Kier molecular flexibility index (Phi) is 5.49. The van der Waals surface area contributed by atoms with Crippen LogP contribution in [-0.2, 0) is 23.1 Å². The average molecular weight is 356 g/mol. The van der Waals surface area contributed by atoms with Crippen LogP contribution in [0.15, 0.2) is 29.2 Å². The minimum atomic E-state index is -3.56. The van der Waals surface area contributed by atoms with Crippen molar-refractivity contribution in [1.82, 2.24) is 14.1 Å². The van der Waals surface area contributed by atoms with E-state index in [2.05, 4.69) is 5.10 Å². The number of aryl methyl sites for hydroxylation is 2. The van der Waals surface area contributed by atoms with Crippen LogP contribution < -0.4 is 0 Å². The minimum Gasteiger partial charge on any atom is -0.270 e. The van der Waals surface area contributed by atoms with E-state index in [1.54, 1.807) is 12.1 Å². The maximum atomic E-state index is 12.8. The quantitative estimate of drug-likeness (QED) is 0.798. The largest absolute Gasteiger partial charge is 0.270 e. The Morgan fingerprint density at radius 1 is 1.17 bits per heavy atom. The van der Waals surface area contributed by atoms with Crippen LogP contribution in [0, 0.1) is 13.8 Å². The molecule has 0 spiro atoms. The van der Waals surface area contributed by atoms with Crippen LogP contribution in [-0.4, -0.2) is 29.0 Å². The zero-order chi connectivity index (χ0) is 17.2. The molecule has 1 aromatic heterocycles. The van der Waals surface area contributed by atoms with Gasteiger partial charge in [0.1, 0.15) is 0 Å². The number of hydrogen-bond acceptors (Lipinski definition) is 3. The lowest BCUT2D eigenvalue weighted by molar-refractivity contribution is 0.421. The highest BCUT2D eigenvalue weighted by atomic mass is 35.5. The van der Waals surface area contributed by atoms with Crippen molar-refractivity contribution in [3.8, 4) is 0 Å². The fourth-order valence-electron chi connectivity index (χ4n) is 2.57. The normalized spacial score (nSPS) is 12.1. The molecule has 0 saturated carbocycles. The van der Waals surface area contributed by atoms with Crippen molar-refractivity contribution in [2.45, 2.75) is 45.7 Å². The Bertz CT molecular complexity index is 782. The van der Waals surface area contributed by atoms with Gasteiger partial charge in [-0.3, -0.25) is 4.68 Å². The Hall–Kier alpha value is -1.37. The molecule has 0 radical (unpaired) electrons. The van der Waals surface area contributed by atoms with Crippen LogP contribution in [0.4, 0.5) is 0 Å². The monoisotopic (exact) mass is 355 g/mol. The van der Waals surface area contributed by atoms with Crippen molar-refractivity contribution in [2.24, 2.45) is 0 Å². The molecule has 1 heterocycles. The van der Waals surface area contributed by atoms with Crippen LogP contribution in [0.1, 0.15) is 30.8 Å². The van der Waals surface area contributed by atoms with Crippen molar-refractivity contribution in [3.05, 3.63) is 46.2 Å². The summed E-state index contributed by atoms with van der Waals surface area (Å²) in [6, 6.07) is 6.26. The van der Waals surface area contributed by atoms with Crippen LogP contribution in [0.2, 0.25) is 5.02 Å². The van der Waals surface area contributed by atoms with E-state index < -0.39 is 10.0 Å². The first-order valence-corrected chi connectivity index (χ1v) is 9.41. The summed E-state index contributed by atoms with van der Waals surface area (Å²) in [6.07, 6.45) is 0. The van der Waals surface area contributed by atoms with Crippen molar-refractivity contribution in [3.63, 3.8) is 0 Å². The summed E-state index contributed by atoms with van der Waals surface area (Å²) >= 11 is 5.85. The van der Waals surface area contributed by atoms with Gasteiger partial charge in [-0.25, -0.2) is 8.42 Å². The number of rotatable bonds is 6. The second-order valence-electron chi connectivity index (χ2n) is 5.35. The molecule has 0 fully saturated rings. The third kappa shape index (κ3) is 3.59. The molecule has 7 heteroatoms. The average Bonchev–Trinajstić information content (AvgIpc) is 2.79. The van der Waals surface area contributed by atoms with Gasteiger partial charge in [-0.05, 0) is 45.0 Å². The van der Waals surface area contributed by atoms with E-state index in [0.717, 1.165) is 23.5 Å². The molecule has 0 saturated heterocycles. The van der Waals surface area contributed by atoms with Gasteiger partial charge in [0.25, 0.3) is 0 Å². The first-order valence-electron chi connectivity index (χ1n) is 7.59. The molecule has 0 amide bonds. The molecule has 23 heavy (non-hydrogen) atoms. The Balaban J connectivity index is 2.36. The summed E-state index contributed by atoms with van der Waals surface area (Å²) in [6.45, 7) is 9.22. The zero-order valence-corrected chi connectivity index (χ0v) is 15.4. The number of aromatic nitrogens is 2. The van der Waals surface area contributed by atoms with E-state index >= 15 is 0 Å². The minimum absolute atomic E-state index is 0.252. The van der Waals surface area contributed by atoms with Crippen LogP contribution >= 0.6 is 11.6 Å². The molecule has 0 aliphatic heterocycles. The van der Waals surface area contributed by atoms with Gasteiger partial charge in [0.15, 0.2) is 0 Å². The van der Waals surface area contributed by atoms with E-state index in [-0.39, 0.29) is 4.90 Å². The molecule has 1 aromatic carbocycles. The predicted molar refractivity (Wildman–Crippen MR) is 92.1 cm³/mol. The van der Waals surface area contributed by atoms with Crippen LogP contribution in [0.3, 0.4) is 0 Å². The molecule has 0 atom stereocenters. The summed E-state index contributed by atoms with van der Waals surface area (Å²) in [7, 11) is -3.56. The van der Waals surface area contributed by atoms with Gasteiger partial charge in [0.05, 0.1) is 10.6 Å². The summed E-state index contributed by atoms with van der Waals surface area (Å²) in [4.78, 5) is 0.252. The number of benzene rings is 1. The number of halogens is 1. The first-order chi connectivity index (χ1) is 10.8. The van der Waals surface area contributed by atoms with E-state index in [9.17, 15) is 8.42 Å². The molecule has 2 rings (SSSR count). The SMILES string of the molecule is CCN(Cc1c(C)nn(CC)c1C)S(=O)(=O)c1ccc(Cl)cc1. The molecule has 0 bridgehead atoms. The predicted octanol–water partition coefficient (Wildman–Crippen LogP) is 3.38. The number of sulfonamides is 1. The van der Waals surface area contributed by atoms with E-state index in [0.29, 0.717) is 18.1 Å². The summed E-state index contributed by atoms with van der Waals surface area (Å²) in [5.41, 5.74) is 2.84. The number of nitrogens with zero attached hydrogens (tertiary/aromatic N) is 3. The fourth-order valence-corrected chi connectivity index (χ4v) is 4.11. The molecule has 0 aliphatic rings. The zero-order valence-electron chi connectivity index (χ0n) is 13.9. The Morgan fingerprint density at radius 3 is 2.26 bits per heavy atom. The molecular formula is C16H22ClN3O2S. The van der Waals surface area contributed by atoms with Gasteiger partial charge in [-0.2, -0.15) is 9.40 Å². The maximum Gasteiger partial charge on any atom is 0.243 e. The van der Waals surface area contributed by atoms with Gasteiger partial charge < -0.3 is 0 Å². The third-order valence-electron chi connectivity index (χ3n) is 3.97. The molecule has 126 valence electrons. The second-order valence-corrected chi connectivity index (χ2v) is 7.72. The lowest BCUT2D eigenvalue weighted by Crippen LogP contribution is -2.30. The second kappa shape index (κ2) is 7.03. The van der Waals surface area contributed by atoms with Crippen LogP contribution in [0.5, 0.6) is 0 Å². The standard InChI is InChI=1S/C16H22ClN3O2S/c1-5-19(11-16-12(3)18-20(6-2)13(16)4)23(21,22)15-9-7-14(17)8-10-15/h7-10H,5-6,11H2,1-4H3. The molecule has 2 aromatic rings. The molecular weight excluding hydrogens is 334 g/mol. The summed E-state index contributed by atoms with van der Waals surface area (Å²) in [5.74, 6) is 0. The summed E-state index contributed by atoms with van der Waals surface area (Å²) < 4.78 is 29.0. The van der Waals surface area contributed by atoms with Crippen molar-refractivity contribution >= 4 is 21.6 Å². The van der Waals surface area contributed by atoms with E-state index in [1.807, 2.05) is 32.4 Å². The molecule has 0 aliphatic carbocycles. The molecule has 0 N–H and O–H groups in total. The topological polar surface area (TPSA) is 55.2 Å². The Labute approximate surface area is 142 Å². The van der Waals surface area contributed by atoms with E-state index in [4.69, 9.17) is 11.6 Å². The highest BCUT2D eigenvalue weighted by Gasteiger charge is 2.25. The van der Waals surface area contributed by atoms with Crippen LogP contribution in [0.25, 0.3) is 0 Å². The van der Waals surface area contributed by atoms with Gasteiger partial charge in [-0.15, -0.1) is 0 Å². The summed E-state index contributed by atoms with van der Waals surface area (Å²) in [5, 5.41) is 4.98. The van der Waals surface area contributed by atoms with Gasteiger partial charge >= 0.3 is 0 Å². The molecule has 5 nitrogen and oxygen atoms in total. The Morgan fingerprint density at radius 2 is 1.78 bits per heavy atom. The van der Waals surface area contributed by atoms with Gasteiger partial charge in [0, 0.05) is 35.9 Å². The lowest BCUT2D eigenvalue weighted by Gasteiger charge is -2.21. The highest BCUT2D eigenvalue weighted by Crippen LogP contribution is 2.22. The maximum absolute atomic E-state index is 12.8. The van der Waals surface area contributed by atoms with Gasteiger partial charge in [-0.1, -0.05) is 18.5 Å². The van der Waals surface area contributed by atoms with Crippen molar-refractivity contribution < 1.29 is 8.42 Å². The van der Waals surface area contributed by atoms with E-state index in [1.165, 1.54) is 16.4 Å². The van der Waals surface area contributed by atoms with Gasteiger partial charge in [0.2, 0.25) is 10.0 Å². The lowest BCUT2D eigenvalue weighted by atomic mass is 10.2. The molecule has 0 unspecified atom stereocenters. The fraction of sp³-hybridized carbons (Fsp3) is 0.438. The highest BCUT2D eigenvalue weighted by molar-refractivity contribution is 7.89. The number of hydrogen-bond donors (Lipinski definition) is 0.